The van der Waals surface area contributed by atoms with E-state index in [9.17, 15) is 14.4 Å². The Hall–Kier alpha value is -5.22. The second-order valence-electron chi connectivity index (χ2n) is 12.1. The van der Waals surface area contributed by atoms with Gasteiger partial charge in [-0.05, 0) is 66.2 Å². The van der Waals surface area contributed by atoms with Gasteiger partial charge in [-0.1, -0.05) is 78.3 Å². The van der Waals surface area contributed by atoms with Gasteiger partial charge in [-0.2, -0.15) is 0 Å². The molecule has 242 valence electrons. The van der Waals surface area contributed by atoms with Crippen LogP contribution >= 0.6 is 11.6 Å². The quantitative estimate of drug-likeness (QED) is 0.228. The van der Waals surface area contributed by atoms with Gasteiger partial charge in [-0.3, -0.25) is 19.8 Å². The third-order valence-corrected chi connectivity index (χ3v) is 9.27. The van der Waals surface area contributed by atoms with Gasteiger partial charge < -0.3 is 19.7 Å². The molecule has 2 aliphatic rings. The molecule has 3 amide bonds. The molecule has 0 bridgehead atoms. The highest BCUT2D eigenvalue weighted by molar-refractivity contribution is 6.35. The lowest BCUT2D eigenvalue weighted by molar-refractivity contribution is 0.0653. The molecule has 0 unspecified atom stereocenters. The maximum Gasteiger partial charge on any atom is 0.282 e. The number of carbonyl (C=O) groups is 3. The number of nitrogens with zero attached hydrogens (tertiary/aromatic N) is 4. The van der Waals surface area contributed by atoms with Crippen LogP contribution in [0.1, 0.15) is 42.5 Å². The van der Waals surface area contributed by atoms with Gasteiger partial charge in [0.05, 0.1) is 23.7 Å². The summed E-state index contributed by atoms with van der Waals surface area (Å²) in [6, 6.07) is 33.5. The van der Waals surface area contributed by atoms with Crippen molar-refractivity contribution in [3.8, 4) is 11.1 Å². The summed E-state index contributed by atoms with van der Waals surface area (Å²) in [5.41, 5.74) is 9.17. The molecule has 0 spiro atoms. The zero-order valence-electron chi connectivity index (χ0n) is 26.5. The summed E-state index contributed by atoms with van der Waals surface area (Å²) in [7, 11) is 2.07. The summed E-state index contributed by atoms with van der Waals surface area (Å²) in [4.78, 5) is 44.9. The fourth-order valence-electron chi connectivity index (χ4n) is 6.32. The molecule has 0 aliphatic carbocycles. The van der Waals surface area contributed by atoms with Gasteiger partial charge >= 0.3 is 0 Å². The zero-order chi connectivity index (χ0) is 33.2. The van der Waals surface area contributed by atoms with E-state index in [-0.39, 0.29) is 29.3 Å². The van der Waals surface area contributed by atoms with Gasteiger partial charge in [0.1, 0.15) is 5.69 Å². The van der Waals surface area contributed by atoms with Crippen LogP contribution in [0.4, 0.5) is 11.4 Å². The van der Waals surface area contributed by atoms with Crippen molar-refractivity contribution >= 4 is 40.7 Å². The van der Waals surface area contributed by atoms with Crippen molar-refractivity contribution in [2.45, 2.75) is 13.1 Å². The van der Waals surface area contributed by atoms with Gasteiger partial charge in [-0.15, -0.1) is 0 Å². The Morgan fingerprint density at radius 1 is 0.708 bits per heavy atom. The molecular formula is C38H35ClN6O3. The maximum atomic E-state index is 14.2. The largest absolute Gasteiger partial charge is 0.334 e. The number of hydrazine groups is 1. The van der Waals surface area contributed by atoms with Crippen molar-refractivity contribution in [2.75, 3.05) is 43.4 Å². The summed E-state index contributed by atoms with van der Waals surface area (Å²) in [6.07, 6.45) is 0. The Labute approximate surface area is 284 Å². The smallest absolute Gasteiger partial charge is 0.282 e. The van der Waals surface area contributed by atoms with Crippen molar-refractivity contribution in [2.24, 2.45) is 0 Å². The summed E-state index contributed by atoms with van der Waals surface area (Å²) in [5.74, 6) is -0.729. The summed E-state index contributed by atoms with van der Waals surface area (Å²) >= 11 is 6.75. The molecule has 0 saturated carbocycles. The molecule has 4 aromatic carbocycles. The lowest BCUT2D eigenvalue weighted by Crippen LogP contribution is -2.52. The highest BCUT2D eigenvalue weighted by atomic mass is 35.5. The number of hydrogen-bond acceptors (Lipinski definition) is 5. The zero-order valence-corrected chi connectivity index (χ0v) is 27.3. The van der Waals surface area contributed by atoms with Crippen LogP contribution in [0.25, 0.3) is 11.1 Å². The molecule has 5 aromatic rings. The number of hydrogen-bond donors (Lipinski definition) is 2. The minimum absolute atomic E-state index is 0.171. The highest BCUT2D eigenvalue weighted by Gasteiger charge is 2.29. The lowest BCUT2D eigenvalue weighted by Gasteiger charge is -2.32. The predicted octanol–water partition coefficient (Wildman–Crippen LogP) is 6.16. The fourth-order valence-corrected chi connectivity index (χ4v) is 6.58. The standard InChI is InChI=1S/C38H35ClN6O3/c1-42-19-21-43(22-20-42)41-37(47)35-18-16-29-25-45(34-14-8-5-11-27(34)24-44(29)35)38(48)32-17-15-28(23-33(32)39)40-36(46)31-13-7-6-12-30(31)26-9-3-2-4-10-26/h2-18,23H,19-22,24-25H2,1H3,(H,40,46)(H,41,47). The maximum absolute atomic E-state index is 14.2. The third-order valence-electron chi connectivity index (χ3n) is 8.96. The molecule has 1 fully saturated rings. The first-order valence-corrected chi connectivity index (χ1v) is 16.3. The average Bonchev–Trinajstić information content (AvgIpc) is 3.42. The van der Waals surface area contributed by atoms with E-state index in [1.807, 2.05) is 94.5 Å². The number of nitrogens with one attached hydrogen (secondary N) is 2. The Balaban J connectivity index is 1.12. The van der Waals surface area contributed by atoms with Gasteiger partial charge in [-0.25, -0.2) is 5.01 Å². The van der Waals surface area contributed by atoms with E-state index < -0.39 is 0 Å². The molecule has 48 heavy (non-hydrogen) atoms. The van der Waals surface area contributed by atoms with Crippen molar-refractivity contribution in [3.63, 3.8) is 0 Å². The Bertz CT molecular complexity index is 2000. The molecule has 1 aromatic heterocycles. The molecule has 2 aliphatic heterocycles. The minimum atomic E-state index is -0.280. The molecule has 2 N–H and O–H groups in total. The highest BCUT2D eigenvalue weighted by Crippen LogP contribution is 2.33. The summed E-state index contributed by atoms with van der Waals surface area (Å²) in [6.45, 7) is 3.97. The van der Waals surface area contributed by atoms with Crippen molar-refractivity contribution in [3.05, 3.63) is 142 Å². The number of anilines is 2. The summed E-state index contributed by atoms with van der Waals surface area (Å²) in [5, 5.41) is 5.12. The Kier molecular flexibility index (Phi) is 8.82. The number of halogens is 1. The van der Waals surface area contributed by atoms with Gasteiger partial charge in [0.25, 0.3) is 17.7 Å². The number of aromatic nitrogens is 1. The SMILES string of the molecule is CN1CCN(NC(=O)c2ccc3n2Cc2ccccc2N(C(=O)c2ccc(NC(=O)c4ccccc4-c4ccccc4)cc2Cl)C3)CC1. The van der Waals surface area contributed by atoms with Crippen LogP contribution in [0, 0.1) is 0 Å². The van der Waals surface area contributed by atoms with Crippen molar-refractivity contribution < 1.29 is 14.4 Å². The first-order chi connectivity index (χ1) is 23.4. The molecule has 9 nitrogen and oxygen atoms in total. The van der Waals surface area contributed by atoms with Crippen LogP contribution < -0.4 is 15.6 Å². The first-order valence-electron chi connectivity index (χ1n) is 15.9. The predicted molar refractivity (Wildman–Crippen MR) is 188 cm³/mol. The van der Waals surface area contributed by atoms with E-state index in [4.69, 9.17) is 11.6 Å². The van der Waals surface area contributed by atoms with E-state index in [1.54, 1.807) is 29.2 Å². The van der Waals surface area contributed by atoms with Gasteiger partial charge in [0, 0.05) is 48.8 Å². The monoisotopic (exact) mass is 658 g/mol. The number of fused-ring (bicyclic) bond motifs is 2. The van der Waals surface area contributed by atoms with Crippen LogP contribution in [-0.2, 0) is 13.1 Å². The number of piperazine rings is 1. The van der Waals surface area contributed by atoms with E-state index in [2.05, 4.69) is 22.7 Å². The third kappa shape index (κ3) is 6.35. The normalized spacial score (nSPS) is 14.8. The molecule has 10 heteroatoms. The van der Waals surface area contributed by atoms with Gasteiger partial charge in [0.2, 0.25) is 0 Å². The van der Waals surface area contributed by atoms with Crippen LogP contribution in [0.5, 0.6) is 0 Å². The molecular weight excluding hydrogens is 624 g/mol. The second kappa shape index (κ2) is 13.5. The topological polar surface area (TPSA) is 89.9 Å². The van der Waals surface area contributed by atoms with E-state index in [0.29, 0.717) is 29.1 Å². The average molecular weight is 659 g/mol. The fraction of sp³-hybridized carbons (Fsp3) is 0.184. The number of benzene rings is 4. The van der Waals surface area contributed by atoms with Crippen molar-refractivity contribution in [1.29, 1.82) is 0 Å². The molecule has 0 radical (unpaired) electrons. The number of rotatable bonds is 6. The molecule has 7 rings (SSSR count). The van der Waals surface area contributed by atoms with Crippen LogP contribution in [-0.4, -0.2) is 65.4 Å². The van der Waals surface area contributed by atoms with Gasteiger partial charge in [0.15, 0.2) is 0 Å². The number of amides is 3. The van der Waals surface area contributed by atoms with E-state index in [0.717, 1.165) is 54.3 Å². The van der Waals surface area contributed by atoms with E-state index in [1.165, 1.54) is 0 Å². The van der Waals surface area contributed by atoms with Crippen LogP contribution in [0.15, 0.2) is 109 Å². The van der Waals surface area contributed by atoms with Crippen molar-refractivity contribution in [1.82, 2.24) is 19.9 Å². The Morgan fingerprint density at radius 3 is 2.23 bits per heavy atom. The number of para-hydroxylation sites is 1. The van der Waals surface area contributed by atoms with E-state index >= 15 is 0 Å². The Morgan fingerprint density at radius 2 is 1.44 bits per heavy atom. The van der Waals surface area contributed by atoms with Crippen LogP contribution in [0.3, 0.4) is 0 Å². The first kappa shape index (κ1) is 31.4. The summed E-state index contributed by atoms with van der Waals surface area (Å²) < 4.78 is 1.98. The molecule has 0 atom stereocenters. The number of likely N-dealkylation sites (N-methyl/N-ethyl adjacent to an activating group) is 1. The molecule has 3 heterocycles. The second-order valence-corrected chi connectivity index (χ2v) is 12.5. The van der Waals surface area contributed by atoms with Crippen LogP contribution in [0.2, 0.25) is 5.02 Å². The molecule has 1 saturated heterocycles. The minimum Gasteiger partial charge on any atom is -0.334 e. The number of carbonyl (C=O) groups excluding carboxylic acids is 3. The lowest BCUT2D eigenvalue weighted by atomic mass is 9.99.